The molecule has 2 aliphatic heterocycles. The number of nitrogens with zero attached hydrogens (tertiary/aromatic N) is 1. The van der Waals surface area contributed by atoms with Crippen molar-refractivity contribution in [2.24, 2.45) is 0 Å². The van der Waals surface area contributed by atoms with Crippen molar-refractivity contribution in [2.45, 2.75) is 56.4 Å². The van der Waals surface area contributed by atoms with Gasteiger partial charge in [-0.3, -0.25) is 4.90 Å². The highest BCUT2D eigenvalue weighted by Gasteiger charge is 2.41. The van der Waals surface area contributed by atoms with Crippen molar-refractivity contribution in [3.8, 4) is 11.1 Å². The first kappa shape index (κ1) is 21.2. The molecule has 1 fully saturated rings. The van der Waals surface area contributed by atoms with Gasteiger partial charge in [0, 0.05) is 32.6 Å². The van der Waals surface area contributed by atoms with Gasteiger partial charge in [-0.2, -0.15) is 0 Å². The number of ether oxygens (including phenoxy) is 3. The third-order valence-corrected chi connectivity index (χ3v) is 7.25. The molecule has 5 rings (SSSR count). The van der Waals surface area contributed by atoms with Crippen molar-refractivity contribution >= 4 is 6.09 Å². The lowest BCUT2D eigenvalue weighted by molar-refractivity contribution is -0.105. The van der Waals surface area contributed by atoms with Crippen LogP contribution in [-0.2, 0) is 14.2 Å². The molecule has 0 spiro atoms. The van der Waals surface area contributed by atoms with Gasteiger partial charge in [-0.05, 0) is 47.9 Å². The second kappa shape index (κ2) is 9.08. The van der Waals surface area contributed by atoms with Crippen LogP contribution in [0.5, 0.6) is 0 Å². The van der Waals surface area contributed by atoms with Gasteiger partial charge < -0.3 is 14.2 Å². The molecule has 2 unspecified atom stereocenters. The van der Waals surface area contributed by atoms with E-state index in [-0.39, 0.29) is 30.4 Å². The largest absolute Gasteiger partial charge is 0.448 e. The van der Waals surface area contributed by atoms with Crippen LogP contribution >= 0.6 is 0 Å². The Hall–Kier alpha value is -2.63. The third kappa shape index (κ3) is 3.84. The fraction of sp³-hybridized carbons (Fsp3) is 0.444. The van der Waals surface area contributed by atoms with Crippen LogP contribution in [0.2, 0.25) is 0 Å². The zero-order chi connectivity index (χ0) is 22.1. The Morgan fingerprint density at radius 1 is 1.00 bits per heavy atom. The molecule has 2 atom stereocenters. The van der Waals surface area contributed by atoms with Crippen molar-refractivity contribution < 1.29 is 19.0 Å². The number of benzene rings is 2. The fourth-order valence-corrected chi connectivity index (χ4v) is 5.69. The first-order chi connectivity index (χ1) is 15.7. The number of amides is 1. The molecule has 1 amide bonds. The summed E-state index contributed by atoms with van der Waals surface area (Å²) < 4.78 is 16.6. The molecule has 168 valence electrons. The maximum atomic E-state index is 13.1. The van der Waals surface area contributed by atoms with Crippen LogP contribution in [-0.4, -0.2) is 50.2 Å². The lowest BCUT2D eigenvalue weighted by Gasteiger charge is -2.33. The van der Waals surface area contributed by atoms with Gasteiger partial charge in [0.1, 0.15) is 6.61 Å². The third-order valence-electron chi connectivity index (χ3n) is 7.25. The topological polar surface area (TPSA) is 48.0 Å². The molecule has 2 aromatic carbocycles. The molecule has 0 aromatic heterocycles. The summed E-state index contributed by atoms with van der Waals surface area (Å²) >= 11 is 0. The summed E-state index contributed by atoms with van der Waals surface area (Å²) in [5.74, 6) is 0.0971. The number of rotatable bonds is 7. The number of methoxy groups -OCH3 is 2. The summed E-state index contributed by atoms with van der Waals surface area (Å²) in [5.41, 5.74) is 6.40. The molecular formula is C27H31NO4. The molecule has 0 N–H and O–H groups in total. The normalized spacial score (nSPS) is 21.5. The highest BCUT2D eigenvalue weighted by atomic mass is 16.7. The van der Waals surface area contributed by atoms with Gasteiger partial charge >= 0.3 is 6.09 Å². The van der Waals surface area contributed by atoms with Gasteiger partial charge in [-0.1, -0.05) is 60.2 Å². The Labute approximate surface area is 190 Å². The van der Waals surface area contributed by atoms with E-state index in [1.807, 2.05) is 4.90 Å². The summed E-state index contributed by atoms with van der Waals surface area (Å²) in [6, 6.07) is 17.3. The van der Waals surface area contributed by atoms with Crippen molar-refractivity contribution in [1.82, 2.24) is 4.90 Å². The molecule has 3 aliphatic rings. The number of hydrogen-bond acceptors (Lipinski definition) is 4. The Bertz CT molecular complexity index is 967. The predicted octanol–water partition coefficient (Wildman–Crippen LogP) is 5.50. The SMILES string of the molecule is COC(CCC1=CC2CCC(C1)N2C(=O)OCC1c2ccccc2-c2ccccc21)OC. The number of carbonyl (C=O) groups excluding carboxylic acids is 1. The van der Waals surface area contributed by atoms with Gasteiger partial charge in [-0.25, -0.2) is 4.79 Å². The van der Waals surface area contributed by atoms with E-state index in [1.165, 1.54) is 27.8 Å². The summed E-state index contributed by atoms with van der Waals surface area (Å²) in [6.07, 6.45) is 6.66. The van der Waals surface area contributed by atoms with Crippen LogP contribution in [0.1, 0.15) is 49.1 Å². The van der Waals surface area contributed by atoms with E-state index in [4.69, 9.17) is 14.2 Å². The Kier molecular flexibility index (Phi) is 6.03. The lowest BCUT2D eigenvalue weighted by atomic mass is 9.97. The smallest absolute Gasteiger partial charge is 0.410 e. The van der Waals surface area contributed by atoms with E-state index in [1.54, 1.807) is 14.2 Å². The maximum absolute atomic E-state index is 13.1. The molecular weight excluding hydrogens is 402 g/mol. The second-order valence-corrected chi connectivity index (χ2v) is 8.98. The van der Waals surface area contributed by atoms with E-state index in [0.717, 1.165) is 32.1 Å². The number of fused-ring (bicyclic) bond motifs is 5. The average molecular weight is 434 g/mol. The summed E-state index contributed by atoms with van der Waals surface area (Å²) in [6.45, 7) is 0.378. The van der Waals surface area contributed by atoms with Crippen LogP contribution in [0, 0.1) is 0 Å². The summed E-state index contributed by atoms with van der Waals surface area (Å²) in [5, 5.41) is 0. The Balaban J connectivity index is 1.25. The van der Waals surface area contributed by atoms with E-state index in [0.29, 0.717) is 6.61 Å². The molecule has 2 heterocycles. The van der Waals surface area contributed by atoms with Crippen molar-refractivity contribution in [1.29, 1.82) is 0 Å². The van der Waals surface area contributed by atoms with Crippen LogP contribution in [0.3, 0.4) is 0 Å². The molecule has 1 saturated heterocycles. The lowest BCUT2D eigenvalue weighted by Crippen LogP contribution is -2.43. The van der Waals surface area contributed by atoms with E-state index in [2.05, 4.69) is 54.6 Å². The second-order valence-electron chi connectivity index (χ2n) is 8.98. The Morgan fingerprint density at radius 2 is 1.66 bits per heavy atom. The standard InChI is InChI=1S/C27H31NO4/c1-30-26(31-2)14-11-18-15-19-12-13-20(16-18)28(19)27(29)32-17-25-23-9-5-3-7-21(23)22-8-4-6-10-24(22)25/h3-10,15,19-20,25-26H,11-14,16-17H2,1-2H3. The number of carbonyl (C=O) groups is 1. The van der Waals surface area contributed by atoms with Gasteiger partial charge in [0.25, 0.3) is 0 Å². The van der Waals surface area contributed by atoms with Crippen LogP contribution in [0.4, 0.5) is 4.79 Å². The molecule has 2 bridgehead atoms. The highest BCUT2D eigenvalue weighted by Crippen LogP contribution is 2.45. The number of hydrogen-bond donors (Lipinski definition) is 0. The van der Waals surface area contributed by atoms with E-state index >= 15 is 0 Å². The van der Waals surface area contributed by atoms with Crippen LogP contribution < -0.4 is 0 Å². The molecule has 5 heteroatoms. The molecule has 2 aromatic rings. The van der Waals surface area contributed by atoms with Crippen molar-refractivity contribution in [3.63, 3.8) is 0 Å². The van der Waals surface area contributed by atoms with Crippen LogP contribution in [0.25, 0.3) is 11.1 Å². The van der Waals surface area contributed by atoms with Crippen molar-refractivity contribution in [2.75, 3.05) is 20.8 Å². The molecule has 0 saturated carbocycles. The van der Waals surface area contributed by atoms with Crippen molar-refractivity contribution in [3.05, 3.63) is 71.3 Å². The first-order valence-electron chi connectivity index (χ1n) is 11.6. The minimum Gasteiger partial charge on any atom is -0.448 e. The van der Waals surface area contributed by atoms with Gasteiger partial charge in [0.2, 0.25) is 0 Å². The first-order valence-corrected chi connectivity index (χ1v) is 11.6. The quantitative estimate of drug-likeness (QED) is 0.427. The minimum atomic E-state index is -0.179. The predicted molar refractivity (Wildman–Crippen MR) is 123 cm³/mol. The summed E-state index contributed by atoms with van der Waals surface area (Å²) in [4.78, 5) is 15.1. The summed E-state index contributed by atoms with van der Waals surface area (Å²) in [7, 11) is 3.35. The average Bonchev–Trinajstić information content (AvgIpc) is 3.29. The van der Waals surface area contributed by atoms with Gasteiger partial charge in [0.05, 0.1) is 6.04 Å². The molecule has 32 heavy (non-hydrogen) atoms. The fourth-order valence-electron chi connectivity index (χ4n) is 5.69. The molecule has 1 aliphatic carbocycles. The monoisotopic (exact) mass is 433 g/mol. The molecule has 0 radical (unpaired) electrons. The van der Waals surface area contributed by atoms with Gasteiger partial charge in [0.15, 0.2) is 6.29 Å². The highest BCUT2D eigenvalue weighted by molar-refractivity contribution is 5.79. The maximum Gasteiger partial charge on any atom is 0.410 e. The minimum absolute atomic E-state index is 0.0971. The van der Waals surface area contributed by atoms with Crippen LogP contribution in [0.15, 0.2) is 60.2 Å². The Morgan fingerprint density at radius 3 is 2.28 bits per heavy atom. The van der Waals surface area contributed by atoms with E-state index < -0.39 is 0 Å². The molecule has 5 nitrogen and oxygen atoms in total. The zero-order valence-electron chi connectivity index (χ0n) is 18.8. The van der Waals surface area contributed by atoms with E-state index in [9.17, 15) is 4.79 Å². The van der Waals surface area contributed by atoms with Gasteiger partial charge in [-0.15, -0.1) is 0 Å². The zero-order valence-corrected chi connectivity index (χ0v) is 18.8.